The van der Waals surface area contributed by atoms with Crippen LogP contribution in [0.3, 0.4) is 0 Å². The normalized spacial score (nSPS) is 12.9. The maximum absolute atomic E-state index is 13.8. The molecule has 1 aliphatic rings. The van der Waals surface area contributed by atoms with Gasteiger partial charge in [-0.2, -0.15) is 0 Å². The van der Waals surface area contributed by atoms with Crippen LogP contribution in [0.2, 0.25) is 5.02 Å². The first-order chi connectivity index (χ1) is 10.1. The lowest BCUT2D eigenvalue weighted by Crippen LogP contribution is -2.08. The lowest BCUT2D eigenvalue weighted by Gasteiger charge is -2.09. The van der Waals surface area contributed by atoms with Gasteiger partial charge in [0.25, 0.3) is 0 Å². The molecule has 0 amide bonds. The first-order valence-corrected chi connectivity index (χ1v) is 7.64. The molecule has 2 aromatic rings. The molecule has 0 spiro atoms. The minimum absolute atomic E-state index is 0.0856. The van der Waals surface area contributed by atoms with E-state index in [0.29, 0.717) is 17.9 Å². The zero-order chi connectivity index (χ0) is 15.0. The van der Waals surface area contributed by atoms with Crippen LogP contribution in [0.4, 0.5) is 4.39 Å². The van der Waals surface area contributed by atoms with Crippen molar-refractivity contribution in [2.75, 3.05) is 6.61 Å². The number of ketones is 1. The molecule has 5 heteroatoms. The highest BCUT2D eigenvalue weighted by molar-refractivity contribution is 9.10. The SMILES string of the molecule is O=C(Cc1c(F)cccc1Cl)c1cc(Br)cc2c1OCC2. The summed E-state index contributed by atoms with van der Waals surface area (Å²) in [5.41, 5.74) is 1.68. The molecule has 0 N–H and O–H groups in total. The number of fused-ring (bicyclic) bond motifs is 1. The molecule has 108 valence electrons. The van der Waals surface area contributed by atoms with Gasteiger partial charge in [0.05, 0.1) is 12.2 Å². The maximum atomic E-state index is 13.8. The Morgan fingerprint density at radius 1 is 1.38 bits per heavy atom. The molecule has 0 atom stereocenters. The van der Waals surface area contributed by atoms with Crippen molar-refractivity contribution in [3.8, 4) is 5.75 Å². The Hall–Kier alpha value is -1.39. The number of carbonyl (C=O) groups excluding carboxylic acids is 1. The quantitative estimate of drug-likeness (QED) is 0.739. The summed E-state index contributed by atoms with van der Waals surface area (Å²) in [4.78, 5) is 12.5. The van der Waals surface area contributed by atoms with Gasteiger partial charge < -0.3 is 4.74 Å². The van der Waals surface area contributed by atoms with E-state index in [1.165, 1.54) is 12.1 Å². The molecule has 0 fully saturated rings. The smallest absolute Gasteiger partial charge is 0.171 e. The van der Waals surface area contributed by atoms with Crippen molar-refractivity contribution in [3.05, 3.63) is 62.3 Å². The molecule has 0 bridgehead atoms. The molecule has 3 rings (SSSR count). The number of rotatable bonds is 3. The van der Waals surface area contributed by atoms with Gasteiger partial charge in [-0.05, 0) is 29.8 Å². The molecule has 0 unspecified atom stereocenters. The molecule has 21 heavy (non-hydrogen) atoms. The molecule has 2 nitrogen and oxygen atoms in total. The summed E-state index contributed by atoms with van der Waals surface area (Å²) in [6.45, 7) is 0.562. The standard InChI is InChI=1S/C16H11BrClFO2/c17-10-6-9-4-5-21-16(9)12(7-10)15(20)8-11-13(18)2-1-3-14(11)19/h1-3,6-7H,4-5,8H2. The molecule has 0 radical (unpaired) electrons. The fourth-order valence-electron chi connectivity index (χ4n) is 2.43. The Morgan fingerprint density at radius 3 is 2.95 bits per heavy atom. The van der Waals surface area contributed by atoms with E-state index >= 15 is 0 Å². The zero-order valence-electron chi connectivity index (χ0n) is 11.0. The summed E-state index contributed by atoms with van der Waals surface area (Å²) in [5.74, 6) is -0.0690. The van der Waals surface area contributed by atoms with Crippen molar-refractivity contribution in [1.29, 1.82) is 0 Å². The number of ether oxygens (including phenoxy) is 1. The second-order valence-corrected chi connectivity index (χ2v) is 6.16. The number of halogens is 3. The highest BCUT2D eigenvalue weighted by Crippen LogP contribution is 2.34. The maximum Gasteiger partial charge on any atom is 0.171 e. The molecule has 1 heterocycles. The van der Waals surface area contributed by atoms with Crippen LogP contribution in [0, 0.1) is 5.82 Å². The van der Waals surface area contributed by atoms with Gasteiger partial charge in [0, 0.05) is 27.9 Å². The molecule has 2 aromatic carbocycles. The Morgan fingerprint density at radius 2 is 2.19 bits per heavy atom. The van der Waals surface area contributed by atoms with Crippen molar-refractivity contribution in [3.63, 3.8) is 0 Å². The van der Waals surface area contributed by atoms with Crippen LogP contribution in [0.5, 0.6) is 5.75 Å². The summed E-state index contributed by atoms with van der Waals surface area (Å²) < 4.78 is 20.2. The topological polar surface area (TPSA) is 26.3 Å². The Labute approximate surface area is 135 Å². The lowest BCUT2D eigenvalue weighted by molar-refractivity contribution is 0.0988. The monoisotopic (exact) mass is 368 g/mol. The summed E-state index contributed by atoms with van der Waals surface area (Å²) in [6.07, 6.45) is 0.688. The largest absolute Gasteiger partial charge is 0.492 e. The zero-order valence-corrected chi connectivity index (χ0v) is 13.3. The van der Waals surface area contributed by atoms with Crippen LogP contribution in [0.1, 0.15) is 21.5 Å². The summed E-state index contributed by atoms with van der Waals surface area (Å²) in [6, 6.07) is 8.05. The highest BCUT2D eigenvalue weighted by Gasteiger charge is 2.23. The molecule has 0 saturated heterocycles. The summed E-state index contributed by atoms with van der Waals surface area (Å²) in [5, 5.41) is 0.260. The van der Waals surface area contributed by atoms with Gasteiger partial charge in [0.15, 0.2) is 5.78 Å². The number of hydrogen-bond acceptors (Lipinski definition) is 2. The second kappa shape index (κ2) is 5.78. The van der Waals surface area contributed by atoms with Crippen LogP contribution in [-0.4, -0.2) is 12.4 Å². The predicted octanol–water partition coefficient (Wildman–Crippen LogP) is 4.60. The summed E-state index contributed by atoms with van der Waals surface area (Å²) in [7, 11) is 0. The van der Waals surface area contributed by atoms with E-state index in [2.05, 4.69) is 15.9 Å². The fraction of sp³-hybridized carbons (Fsp3) is 0.188. The Bertz CT molecular complexity index is 710. The van der Waals surface area contributed by atoms with Gasteiger partial charge >= 0.3 is 0 Å². The van der Waals surface area contributed by atoms with Crippen LogP contribution < -0.4 is 4.74 Å². The number of benzene rings is 2. The molecular formula is C16H11BrClFO2. The molecule has 0 aromatic heterocycles. The highest BCUT2D eigenvalue weighted by atomic mass is 79.9. The van der Waals surface area contributed by atoms with Crippen LogP contribution in [-0.2, 0) is 12.8 Å². The van der Waals surface area contributed by atoms with Crippen molar-refractivity contribution in [2.24, 2.45) is 0 Å². The van der Waals surface area contributed by atoms with Crippen LogP contribution >= 0.6 is 27.5 Å². The van der Waals surface area contributed by atoms with Gasteiger partial charge in [0.1, 0.15) is 11.6 Å². The van der Waals surface area contributed by atoms with Crippen molar-refractivity contribution >= 4 is 33.3 Å². The van der Waals surface area contributed by atoms with Crippen LogP contribution in [0.25, 0.3) is 0 Å². The van der Waals surface area contributed by atoms with Crippen molar-refractivity contribution < 1.29 is 13.9 Å². The van der Waals surface area contributed by atoms with Crippen molar-refractivity contribution in [2.45, 2.75) is 12.8 Å². The van der Waals surface area contributed by atoms with Crippen LogP contribution in [0.15, 0.2) is 34.8 Å². The lowest BCUT2D eigenvalue weighted by atomic mass is 9.99. The molecule has 0 aliphatic carbocycles. The third-order valence-electron chi connectivity index (χ3n) is 3.45. The second-order valence-electron chi connectivity index (χ2n) is 4.84. The fourth-order valence-corrected chi connectivity index (χ4v) is 3.17. The van der Waals surface area contributed by atoms with E-state index in [9.17, 15) is 9.18 Å². The van der Waals surface area contributed by atoms with E-state index in [1.54, 1.807) is 12.1 Å². The Balaban J connectivity index is 1.97. The molecule has 0 saturated carbocycles. The minimum atomic E-state index is -0.469. The Kier molecular flexibility index (Phi) is 4.00. The van der Waals surface area contributed by atoms with Crippen molar-refractivity contribution in [1.82, 2.24) is 0 Å². The molecular weight excluding hydrogens is 359 g/mol. The van der Waals surface area contributed by atoms with Gasteiger partial charge in [-0.15, -0.1) is 0 Å². The third-order valence-corrected chi connectivity index (χ3v) is 4.26. The van der Waals surface area contributed by atoms with Gasteiger partial charge in [-0.25, -0.2) is 4.39 Å². The number of Topliss-reactive ketones (excluding diaryl/α,β-unsaturated/α-hetero) is 1. The minimum Gasteiger partial charge on any atom is -0.492 e. The molecule has 1 aliphatic heterocycles. The van der Waals surface area contributed by atoms with Gasteiger partial charge in [-0.1, -0.05) is 33.6 Å². The average Bonchev–Trinajstić information content (AvgIpc) is 2.90. The first-order valence-electron chi connectivity index (χ1n) is 6.47. The van der Waals surface area contributed by atoms with E-state index in [-0.39, 0.29) is 22.8 Å². The van der Waals surface area contributed by atoms with Gasteiger partial charge in [0.2, 0.25) is 0 Å². The number of carbonyl (C=O) groups is 1. The predicted molar refractivity (Wildman–Crippen MR) is 82.8 cm³/mol. The third kappa shape index (κ3) is 2.83. The van der Waals surface area contributed by atoms with E-state index in [1.807, 2.05) is 6.07 Å². The van der Waals surface area contributed by atoms with E-state index < -0.39 is 5.82 Å². The van der Waals surface area contributed by atoms with Gasteiger partial charge in [-0.3, -0.25) is 4.79 Å². The first kappa shape index (κ1) is 14.5. The number of hydrogen-bond donors (Lipinski definition) is 0. The van der Waals surface area contributed by atoms with E-state index in [0.717, 1.165) is 16.5 Å². The summed E-state index contributed by atoms with van der Waals surface area (Å²) >= 11 is 9.37. The van der Waals surface area contributed by atoms with E-state index in [4.69, 9.17) is 16.3 Å². The average molecular weight is 370 g/mol.